The molecule has 0 unspecified atom stereocenters. The summed E-state index contributed by atoms with van der Waals surface area (Å²) in [6.45, 7) is 0. The molecule has 0 bridgehead atoms. The van der Waals surface area contributed by atoms with Crippen molar-refractivity contribution in [1.82, 2.24) is 0 Å². The van der Waals surface area contributed by atoms with Gasteiger partial charge in [0.15, 0.2) is 5.78 Å². The molecule has 98 valence electrons. The van der Waals surface area contributed by atoms with Crippen molar-refractivity contribution in [2.75, 3.05) is 0 Å². The van der Waals surface area contributed by atoms with Crippen molar-refractivity contribution in [2.45, 2.75) is 6.42 Å². The maximum atomic E-state index is 13.2. The van der Waals surface area contributed by atoms with E-state index in [1.54, 1.807) is 18.2 Å². The number of carbonyl (C=O) groups excluding carboxylic acids is 1. The molecule has 1 nitrogen and oxygen atoms in total. The van der Waals surface area contributed by atoms with Crippen LogP contribution in [0.3, 0.4) is 0 Å². The average molecular weight is 362 g/mol. The van der Waals surface area contributed by atoms with Crippen molar-refractivity contribution >= 4 is 44.9 Å². The number of Topliss-reactive ketones (excluding diaryl/α,β-unsaturated/α-hetero) is 1. The molecule has 0 aromatic heterocycles. The number of halogens is 4. The third kappa shape index (κ3) is 3.78. The normalized spacial score (nSPS) is 10.5. The molecule has 19 heavy (non-hydrogen) atoms. The Kier molecular flexibility index (Phi) is 4.61. The summed E-state index contributed by atoms with van der Waals surface area (Å²) < 4.78 is 13.8. The van der Waals surface area contributed by atoms with Gasteiger partial charge in [0, 0.05) is 21.5 Å². The highest BCUT2D eigenvalue weighted by Crippen LogP contribution is 2.23. The van der Waals surface area contributed by atoms with Crippen LogP contribution in [0.5, 0.6) is 0 Å². The second-order valence-corrected chi connectivity index (χ2v) is 5.76. The van der Waals surface area contributed by atoms with Crippen molar-refractivity contribution < 1.29 is 9.18 Å². The summed E-state index contributed by atoms with van der Waals surface area (Å²) in [7, 11) is 0. The Hall–Kier alpha value is -0.900. The number of hydrogen-bond donors (Lipinski definition) is 0. The summed E-state index contributed by atoms with van der Waals surface area (Å²) >= 11 is 14.9. The van der Waals surface area contributed by atoms with Gasteiger partial charge in [0.25, 0.3) is 0 Å². The van der Waals surface area contributed by atoms with Crippen LogP contribution in [0.1, 0.15) is 15.9 Å². The van der Waals surface area contributed by atoms with E-state index in [2.05, 4.69) is 15.9 Å². The molecule has 0 saturated heterocycles. The molecule has 2 aromatic carbocycles. The first-order valence-corrected chi connectivity index (χ1v) is 6.94. The molecule has 0 heterocycles. The van der Waals surface area contributed by atoms with Crippen LogP contribution in [0.4, 0.5) is 4.39 Å². The lowest BCUT2D eigenvalue weighted by atomic mass is 10.0. The lowest BCUT2D eigenvalue weighted by Gasteiger charge is -2.05. The maximum absolute atomic E-state index is 13.2. The van der Waals surface area contributed by atoms with Crippen molar-refractivity contribution in [3.05, 3.63) is 67.9 Å². The number of ketones is 1. The topological polar surface area (TPSA) is 17.1 Å². The summed E-state index contributed by atoms with van der Waals surface area (Å²) in [6, 6.07) is 9.04. The van der Waals surface area contributed by atoms with Crippen LogP contribution in [0, 0.1) is 5.82 Å². The molecule has 0 aliphatic rings. The predicted molar refractivity (Wildman–Crippen MR) is 78.6 cm³/mol. The minimum Gasteiger partial charge on any atom is -0.294 e. The smallest absolute Gasteiger partial charge is 0.168 e. The molecule has 0 amide bonds. The largest absolute Gasteiger partial charge is 0.294 e. The van der Waals surface area contributed by atoms with Crippen molar-refractivity contribution in [1.29, 1.82) is 0 Å². The molecule has 2 aromatic rings. The Labute approximate surface area is 128 Å². The molecular weight excluding hydrogens is 354 g/mol. The van der Waals surface area contributed by atoms with Crippen LogP contribution in [0.2, 0.25) is 10.0 Å². The van der Waals surface area contributed by atoms with Crippen LogP contribution in [-0.2, 0) is 6.42 Å². The van der Waals surface area contributed by atoms with Gasteiger partial charge in [-0.3, -0.25) is 4.79 Å². The fraction of sp³-hybridized carbons (Fsp3) is 0.0714. The zero-order valence-electron chi connectivity index (χ0n) is 9.59. The summed E-state index contributed by atoms with van der Waals surface area (Å²) in [5.74, 6) is -0.571. The predicted octanol–water partition coefficient (Wildman–Crippen LogP) is 5.32. The first-order valence-electron chi connectivity index (χ1n) is 5.39. The summed E-state index contributed by atoms with van der Waals surface area (Å²) in [4.78, 5) is 12.1. The summed E-state index contributed by atoms with van der Waals surface area (Å²) in [5.41, 5.74) is 0.967. The molecule has 0 radical (unpaired) electrons. The molecule has 0 aliphatic heterocycles. The Bertz CT molecular complexity index is 623. The van der Waals surface area contributed by atoms with Crippen LogP contribution in [-0.4, -0.2) is 5.78 Å². The molecule has 0 aliphatic carbocycles. The van der Waals surface area contributed by atoms with Gasteiger partial charge in [-0.25, -0.2) is 4.39 Å². The van der Waals surface area contributed by atoms with E-state index in [4.69, 9.17) is 23.2 Å². The fourth-order valence-corrected chi connectivity index (χ4v) is 2.74. The average Bonchev–Trinajstić information content (AvgIpc) is 2.26. The molecule has 5 heteroatoms. The van der Waals surface area contributed by atoms with E-state index in [1.165, 1.54) is 18.2 Å². The van der Waals surface area contributed by atoms with Crippen molar-refractivity contribution in [3.8, 4) is 0 Å². The highest BCUT2D eigenvalue weighted by molar-refractivity contribution is 9.10. The van der Waals surface area contributed by atoms with Gasteiger partial charge >= 0.3 is 0 Å². The zero-order valence-corrected chi connectivity index (χ0v) is 12.7. The van der Waals surface area contributed by atoms with Crippen molar-refractivity contribution in [2.24, 2.45) is 0 Å². The Morgan fingerprint density at radius 3 is 2.53 bits per heavy atom. The third-order valence-corrected chi connectivity index (χ3v) is 3.52. The van der Waals surface area contributed by atoms with Gasteiger partial charge in [0.2, 0.25) is 0 Å². The highest BCUT2D eigenvalue weighted by Gasteiger charge is 2.12. The fourth-order valence-electron chi connectivity index (χ4n) is 1.71. The van der Waals surface area contributed by atoms with Crippen LogP contribution in [0.25, 0.3) is 0 Å². The van der Waals surface area contributed by atoms with Gasteiger partial charge in [-0.2, -0.15) is 0 Å². The molecule has 0 atom stereocenters. The standard InChI is InChI=1S/C14H8BrCl2FO/c15-9-3-8(4-11(18)6-9)5-14(19)12-2-1-10(16)7-13(12)17/h1-4,6-7H,5H2. The number of carbonyl (C=O) groups is 1. The van der Waals surface area contributed by atoms with Crippen LogP contribution < -0.4 is 0 Å². The van der Waals surface area contributed by atoms with Gasteiger partial charge in [-0.05, 0) is 42.0 Å². The molecular formula is C14H8BrCl2FO. The van der Waals surface area contributed by atoms with E-state index in [-0.39, 0.29) is 18.0 Å². The van der Waals surface area contributed by atoms with E-state index in [0.29, 0.717) is 25.6 Å². The number of rotatable bonds is 3. The van der Waals surface area contributed by atoms with Crippen LogP contribution >= 0.6 is 39.1 Å². The Morgan fingerprint density at radius 1 is 1.16 bits per heavy atom. The number of hydrogen-bond acceptors (Lipinski definition) is 1. The highest BCUT2D eigenvalue weighted by atomic mass is 79.9. The van der Waals surface area contributed by atoms with E-state index >= 15 is 0 Å². The van der Waals surface area contributed by atoms with E-state index in [1.807, 2.05) is 0 Å². The van der Waals surface area contributed by atoms with E-state index in [0.717, 1.165) is 0 Å². The molecule has 0 spiro atoms. The molecule has 2 rings (SSSR count). The van der Waals surface area contributed by atoms with Gasteiger partial charge in [0.05, 0.1) is 5.02 Å². The summed E-state index contributed by atoms with van der Waals surface area (Å²) in [5, 5.41) is 0.767. The Morgan fingerprint density at radius 2 is 1.89 bits per heavy atom. The zero-order chi connectivity index (χ0) is 14.0. The van der Waals surface area contributed by atoms with E-state index in [9.17, 15) is 9.18 Å². The lowest BCUT2D eigenvalue weighted by Crippen LogP contribution is -2.04. The van der Waals surface area contributed by atoms with Gasteiger partial charge in [0.1, 0.15) is 5.82 Å². The quantitative estimate of drug-likeness (QED) is 0.676. The monoisotopic (exact) mass is 360 g/mol. The first kappa shape index (κ1) is 14.5. The maximum Gasteiger partial charge on any atom is 0.168 e. The van der Waals surface area contributed by atoms with Gasteiger partial charge in [-0.1, -0.05) is 39.1 Å². The molecule has 0 saturated carbocycles. The second kappa shape index (κ2) is 6.04. The van der Waals surface area contributed by atoms with Gasteiger partial charge in [-0.15, -0.1) is 0 Å². The summed E-state index contributed by atoms with van der Waals surface area (Å²) in [6.07, 6.45) is 0.0811. The number of benzene rings is 2. The third-order valence-electron chi connectivity index (χ3n) is 2.52. The van der Waals surface area contributed by atoms with Crippen molar-refractivity contribution in [3.63, 3.8) is 0 Å². The van der Waals surface area contributed by atoms with Crippen LogP contribution in [0.15, 0.2) is 40.9 Å². The minimum atomic E-state index is -0.389. The molecule has 0 N–H and O–H groups in total. The van der Waals surface area contributed by atoms with Gasteiger partial charge < -0.3 is 0 Å². The van der Waals surface area contributed by atoms with E-state index < -0.39 is 0 Å². The lowest BCUT2D eigenvalue weighted by molar-refractivity contribution is 0.0993. The first-order chi connectivity index (χ1) is 8.95. The Balaban J connectivity index is 2.25. The molecule has 0 fully saturated rings. The second-order valence-electron chi connectivity index (χ2n) is 4.00. The SMILES string of the molecule is O=C(Cc1cc(F)cc(Br)c1)c1ccc(Cl)cc1Cl. The minimum absolute atomic E-state index is 0.0811.